The van der Waals surface area contributed by atoms with Gasteiger partial charge in [0.15, 0.2) is 5.78 Å². The molecule has 0 aliphatic carbocycles. The summed E-state index contributed by atoms with van der Waals surface area (Å²) >= 11 is 4.49. The minimum atomic E-state index is -1.85. The number of unbranched alkanes of at least 4 members (excludes halogenated alkanes) is 13. The van der Waals surface area contributed by atoms with Gasteiger partial charge in [0.2, 0.25) is 17.2 Å². The first kappa shape index (κ1) is 45.0. The van der Waals surface area contributed by atoms with Crippen LogP contribution in [-0.2, 0) is 32.0 Å². The molecule has 0 fully saturated rings. The van der Waals surface area contributed by atoms with Crippen molar-refractivity contribution in [3.8, 4) is 17.2 Å². The number of anilines is 1. The van der Waals surface area contributed by atoms with Gasteiger partial charge < -0.3 is 23.7 Å². The van der Waals surface area contributed by atoms with Crippen molar-refractivity contribution in [2.75, 3.05) is 11.9 Å². The van der Waals surface area contributed by atoms with Gasteiger partial charge in [0.25, 0.3) is 5.91 Å². The average molecular weight is 818 g/mol. The van der Waals surface area contributed by atoms with Crippen LogP contribution in [0.4, 0.5) is 5.69 Å². The van der Waals surface area contributed by atoms with Crippen molar-refractivity contribution >= 4 is 46.0 Å². The number of carbonyl (C=O) groups is 3. The third-order valence-corrected chi connectivity index (χ3v) is 10.6. The van der Waals surface area contributed by atoms with E-state index in [1.165, 1.54) is 120 Å². The molecule has 1 N–H and O–H groups in total. The predicted molar refractivity (Wildman–Crippen MR) is 226 cm³/mol. The Kier molecular flexibility index (Phi) is 20.2. The molecule has 2 atom stereocenters. The molecule has 1 amide bonds. The second-order valence-corrected chi connectivity index (χ2v) is 15.6. The van der Waals surface area contributed by atoms with Crippen molar-refractivity contribution in [1.29, 1.82) is 0 Å². The van der Waals surface area contributed by atoms with Gasteiger partial charge in [-0.25, -0.2) is 9.00 Å². The van der Waals surface area contributed by atoms with Gasteiger partial charge in [0, 0.05) is 0 Å². The molecule has 11 heteroatoms. The lowest BCUT2D eigenvalue weighted by Crippen LogP contribution is -2.38. The van der Waals surface area contributed by atoms with E-state index in [0.717, 1.165) is 24.8 Å². The molecule has 0 saturated heterocycles. The van der Waals surface area contributed by atoms with E-state index in [0.29, 0.717) is 29.6 Å². The highest BCUT2D eigenvalue weighted by atomic mass is 35.5. The normalized spacial score (nSPS) is 12.0. The van der Waals surface area contributed by atoms with Crippen LogP contribution in [0.3, 0.4) is 0 Å². The summed E-state index contributed by atoms with van der Waals surface area (Å²) in [6, 6.07) is 27.0. The Bertz CT molecular complexity index is 1840. The standard InChI is InChI=1S/C46H56ClNO8S/c1-3-4-5-6-7-8-9-10-11-12-13-14-15-19-32-53-46(51)37-22-31-42(47)43(33-37)48-45(50)44(35(2)49)55-39-27-29-41(30-28-39)57(52)56-40-25-23-38(24-26-40)54-34-36-20-17-16-18-21-36/h16-18,20-31,33,44H,3-15,19,32,34H2,1-2H3,(H,48,50). The highest BCUT2D eigenvalue weighted by Gasteiger charge is 2.27. The van der Waals surface area contributed by atoms with Gasteiger partial charge >= 0.3 is 5.97 Å². The molecule has 0 aliphatic rings. The lowest BCUT2D eigenvalue weighted by molar-refractivity contribution is -0.133. The third kappa shape index (κ3) is 16.8. The monoisotopic (exact) mass is 817 g/mol. The third-order valence-electron chi connectivity index (χ3n) is 9.31. The maximum absolute atomic E-state index is 13.2. The molecular weight excluding hydrogens is 762 g/mol. The van der Waals surface area contributed by atoms with Gasteiger partial charge in [-0.2, -0.15) is 0 Å². The SMILES string of the molecule is CCCCCCCCCCCCCCCCOC(=O)c1ccc(Cl)c(NC(=O)C(Oc2ccc(S(=O)Oc3ccc(OCc4ccccc4)cc3)cc2)C(C)=O)c1. The van der Waals surface area contributed by atoms with E-state index in [2.05, 4.69) is 12.2 Å². The van der Waals surface area contributed by atoms with Gasteiger partial charge in [-0.1, -0.05) is 132 Å². The molecular formula is C46H56ClNO8S. The Morgan fingerprint density at radius 1 is 0.684 bits per heavy atom. The zero-order valence-corrected chi connectivity index (χ0v) is 34.8. The Morgan fingerprint density at radius 2 is 1.25 bits per heavy atom. The molecule has 0 aliphatic heterocycles. The van der Waals surface area contributed by atoms with Crippen molar-refractivity contribution in [2.24, 2.45) is 0 Å². The maximum atomic E-state index is 13.2. The molecule has 0 radical (unpaired) electrons. The summed E-state index contributed by atoms with van der Waals surface area (Å²) in [5.74, 6) is -0.634. The van der Waals surface area contributed by atoms with Crippen LogP contribution in [0.1, 0.15) is 120 Å². The highest BCUT2D eigenvalue weighted by Crippen LogP contribution is 2.26. The molecule has 0 bridgehead atoms. The predicted octanol–water partition coefficient (Wildman–Crippen LogP) is 11.6. The molecule has 4 rings (SSSR count). The molecule has 0 spiro atoms. The number of rotatable bonds is 27. The van der Waals surface area contributed by atoms with Gasteiger partial charge in [-0.3, -0.25) is 9.59 Å². The zero-order valence-electron chi connectivity index (χ0n) is 33.2. The fourth-order valence-corrected chi connectivity index (χ4v) is 6.95. The minimum Gasteiger partial charge on any atom is -0.489 e. The lowest BCUT2D eigenvalue weighted by atomic mass is 10.0. The van der Waals surface area contributed by atoms with Crippen LogP contribution < -0.4 is 19.0 Å². The summed E-state index contributed by atoms with van der Waals surface area (Å²) in [4.78, 5) is 38.9. The summed E-state index contributed by atoms with van der Waals surface area (Å²) in [5, 5.41) is 2.78. The van der Waals surface area contributed by atoms with E-state index < -0.39 is 34.8 Å². The van der Waals surface area contributed by atoms with Crippen molar-refractivity contribution in [3.63, 3.8) is 0 Å². The summed E-state index contributed by atoms with van der Waals surface area (Å²) < 4.78 is 35.5. The second kappa shape index (κ2) is 25.6. The van der Waals surface area contributed by atoms with E-state index in [1.54, 1.807) is 24.3 Å². The fourth-order valence-electron chi connectivity index (χ4n) is 6.05. The summed E-state index contributed by atoms with van der Waals surface area (Å²) in [6.07, 6.45) is 15.9. The Labute approximate surface area is 345 Å². The van der Waals surface area contributed by atoms with E-state index in [9.17, 15) is 18.6 Å². The quantitative estimate of drug-likeness (QED) is 0.0359. The highest BCUT2D eigenvalue weighted by molar-refractivity contribution is 7.80. The van der Waals surface area contributed by atoms with Crippen LogP contribution in [0.25, 0.3) is 0 Å². The Balaban J connectivity index is 1.17. The molecule has 57 heavy (non-hydrogen) atoms. The first-order valence-electron chi connectivity index (χ1n) is 20.1. The maximum Gasteiger partial charge on any atom is 0.338 e. The summed E-state index contributed by atoms with van der Waals surface area (Å²) in [7, 11) is 0. The second-order valence-electron chi connectivity index (χ2n) is 14.1. The fraction of sp³-hybridized carbons (Fsp3) is 0.413. The van der Waals surface area contributed by atoms with Crippen molar-refractivity contribution in [1.82, 2.24) is 0 Å². The Morgan fingerprint density at radius 3 is 1.84 bits per heavy atom. The smallest absolute Gasteiger partial charge is 0.338 e. The van der Waals surface area contributed by atoms with E-state index in [1.807, 2.05) is 30.3 Å². The van der Waals surface area contributed by atoms with Crippen molar-refractivity contribution in [3.05, 3.63) is 113 Å². The van der Waals surface area contributed by atoms with Crippen LogP contribution in [0.5, 0.6) is 17.2 Å². The van der Waals surface area contributed by atoms with Gasteiger partial charge in [0.1, 0.15) is 23.9 Å². The first-order valence-corrected chi connectivity index (χ1v) is 21.6. The number of benzene rings is 4. The summed E-state index contributed by atoms with van der Waals surface area (Å²) in [5.41, 5.74) is 1.40. The molecule has 2 unspecified atom stereocenters. The van der Waals surface area contributed by atoms with Gasteiger partial charge in [0.05, 0.1) is 27.8 Å². The molecule has 0 heterocycles. The molecule has 9 nitrogen and oxygen atoms in total. The summed E-state index contributed by atoms with van der Waals surface area (Å²) in [6.45, 7) is 4.20. The van der Waals surface area contributed by atoms with Crippen molar-refractivity contribution < 1.29 is 37.0 Å². The number of hydrogen-bond acceptors (Lipinski definition) is 8. The Hall–Kier alpha value is -4.67. The molecule has 4 aromatic carbocycles. The number of ether oxygens (including phenoxy) is 3. The number of halogens is 1. The van der Waals surface area contributed by atoms with Crippen LogP contribution in [0, 0.1) is 0 Å². The largest absolute Gasteiger partial charge is 0.489 e. The number of carbonyl (C=O) groups excluding carboxylic acids is 3. The molecule has 4 aromatic rings. The van der Waals surface area contributed by atoms with E-state index >= 15 is 0 Å². The van der Waals surface area contributed by atoms with Crippen LogP contribution in [-0.4, -0.2) is 34.6 Å². The van der Waals surface area contributed by atoms with Gasteiger partial charge in [-0.05, 0) is 85.6 Å². The lowest BCUT2D eigenvalue weighted by Gasteiger charge is -2.17. The number of nitrogens with one attached hydrogen (secondary N) is 1. The molecule has 0 saturated carbocycles. The number of esters is 1. The number of amides is 1. The van der Waals surface area contributed by atoms with E-state index in [-0.39, 0.29) is 22.0 Å². The molecule has 0 aromatic heterocycles. The minimum absolute atomic E-state index is 0.140. The number of Topliss-reactive ketones (excluding diaryl/α,β-unsaturated/α-hetero) is 1. The topological polar surface area (TPSA) is 117 Å². The van der Waals surface area contributed by atoms with Crippen molar-refractivity contribution in [2.45, 2.75) is 121 Å². The van der Waals surface area contributed by atoms with Crippen LogP contribution in [0.2, 0.25) is 5.02 Å². The van der Waals surface area contributed by atoms with Crippen LogP contribution >= 0.6 is 11.6 Å². The van der Waals surface area contributed by atoms with Gasteiger partial charge in [-0.15, -0.1) is 0 Å². The van der Waals surface area contributed by atoms with E-state index in [4.69, 9.17) is 30.0 Å². The van der Waals surface area contributed by atoms with Crippen LogP contribution in [0.15, 0.2) is 102 Å². The first-order chi connectivity index (χ1) is 27.7. The zero-order chi connectivity index (χ0) is 40.7. The average Bonchev–Trinajstić information content (AvgIpc) is 3.22. The number of ketones is 1. The molecule has 306 valence electrons. The number of hydrogen-bond donors (Lipinski definition) is 1.